The van der Waals surface area contributed by atoms with E-state index in [1.54, 1.807) is 18.2 Å². The van der Waals surface area contributed by atoms with Crippen LogP contribution in [0.15, 0.2) is 18.2 Å². The Balaban J connectivity index is 2.48. The highest BCUT2D eigenvalue weighted by atomic mass is 16.5. The zero-order valence-corrected chi connectivity index (χ0v) is 12.7. The van der Waals surface area contributed by atoms with Gasteiger partial charge >= 0.3 is 0 Å². The van der Waals surface area contributed by atoms with Crippen molar-refractivity contribution in [2.45, 2.75) is 32.8 Å². The number of aliphatic hydroxyl groups excluding tert-OH is 1. The number of aliphatic hydroxyl groups is 1. The zero-order chi connectivity index (χ0) is 15.5. The summed E-state index contributed by atoms with van der Waals surface area (Å²) in [6.07, 6.45) is 1.36. The molecule has 0 spiro atoms. The zero-order valence-electron chi connectivity index (χ0n) is 12.7. The van der Waals surface area contributed by atoms with Crippen LogP contribution in [0.4, 0.5) is 0 Å². The average molecular weight is 293 g/mol. The van der Waals surface area contributed by atoms with Gasteiger partial charge in [0.25, 0.3) is 0 Å². The molecule has 1 rings (SSSR count). The molecule has 0 bridgehead atoms. The van der Waals surface area contributed by atoms with Crippen LogP contribution in [0.5, 0.6) is 11.5 Å². The van der Waals surface area contributed by atoms with Gasteiger partial charge in [-0.1, -0.05) is 13.3 Å². The maximum atomic E-state index is 9.79. The molecule has 0 aliphatic rings. The van der Waals surface area contributed by atoms with Crippen molar-refractivity contribution < 1.29 is 19.3 Å². The molecule has 1 N–H and O–H groups in total. The summed E-state index contributed by atoms with van der Waals surface area (Å²) in [4.78, 5) is 0. The monoisotopic (exact) mass is 293 g/mol. The highest BCUT2D eigenvalue weighted by Crippen LogP contribution is 2.28. The van der Waals surface area contributed by atoms with Crippen LogP contribution in [0.25, 0.3) is 0 Å². The number of nitriles is 1. The van der Waals surface area contributed by atoms with Crippen molar-refractivity contribution in [3.8, 4) is 17.6 Å². The SMILES string of the molecule is CCCCOCC(O)COc1ccc(C#N)cc1OCC. The number of nitrogens with zero attached hydrogens (tertiary/aromatic N) is 1. The summed E-state index contributed by atoms with van der Waals surface area (Å²) in [5.74, 6) is 1.03. The Labute approximate surface area is 126 Å². The van der Waals surface area contributed by atoms with Gasteiger partial charge in [-0.15, -0.1) is 0 Å². The van der Waals surface area contributed by atoms with E-state index in [0.29, 0.717) is 30.3 Å². The van der Waals surface area contributed by atoms with Crippen LogP contribution in [0, 0.1) is 11.3 Å². The summed E-state index contributed by atoms with van der Waals surface area (Å²) in [5, 5.41) is 18.7. The minimum Gasteiger partial charge on any atom is -0.490 e. The van der Waals surface area contributed by atoms with E-state index in [1.807, 2.05) is 6.92 Å². The van der Waals surface area contributed by atoms with E-state index in [2.05, 4.69) is 13.0 Å². The van der Waals surface area contributed by atoms with Crippen molar-refractivity contribution in [2.75, 3.05) is 26.4 Å². The molecular weight excluding hydrogens is 270 g/mol. The van der Waals surface area contributed by atoms with Gasteiger partial charge in [-0.05, 0) is 25.5 Å². The lowest BCUT2D eigenvalue weighted by Crippen LogP contribution is -2.23. The molecule has 5 heteroatoms. The first-order chi connectivity index (χ1) is 10.2. The second-order valence-electron chi connectivity index (χ2n) is 4.60. The van der Waals surface area contributed by atoms with E-state index < -0.39 is 6.10 Å². The standard InChI is InChI=1S/C16H23NO4/c1-3-5-8-19-11-14(18)12-21-15-7-6-13(10-17)9-16(15)20-4-2/h6-7,9,14,18H,3-5,8,11-12H2,1-2H3. The van der Waals surface area contributed by atoms with Gasteiger partial charge in [0.2, 0.25) is 0 Å². The molecule has 0 saturated carbocycles. The summed E-state index contributed by atoms with van der Waals surface area (Å²) < 4.78 is 16.3. The molecule has 1 atom stereocenters. The van der Waals surface area contributed by atoms with Crippen LogP contribution < -0.4 is 9.47 Å². The number of rotatable bonds is 10. The lowest BCUT2D eigenvalue weighted by Gasteiger charge is -2.15. The molecule has 0 amide bonds. The van der Waals surface area contributed by atoms with Crippen LogP contribution in [0.2, 0.25) is 0 Å². The summed E-state index contributed by atoms with van der Waals surface area (Å²) in [7, 11) is 0. The third kappa shape index (κ3) is 6.48. The van der Waals surface area contributed by atoms with E-state index in [0.717, 1.165) is 12.8 Å². The Morgan fingerprint density at radius 1 is 1.19 bits per heavy atom. The van der Waals surface area contributed by atoms with Gasteiger partial charge in [0.1, 0.15) is 12.7 Å². The molecule has 5 nitrogen and oxygen atoms in total. The first-order valence-corrected chi connectivity index (χ1v) is 7.26. The van der Waals surface area contributed by atoms with Crippen molar-refractivity contribution >= 4 is 0 Å². The summed E-state index contributed by atoms with van der Waals surface area (Å²) >= 11 is 0. The van der Waals surface area contributed by atoms with Gasteiger partial charge in [-0.2, -0.15) is 5.26 Å². The Bertz CT molecular complexity index is 456. The molecule has 1 aromatic carbocycles. The highest BCUT2D eigenvalue weighted by molar-refractivity contribution is 5.46. The first kappa shape index (κ1) is 17.3. The lowest BCUT2D eigenvalue weighted by molar-refractivity contribution is 0.0108. The van der Waals surface area contributed by atoms with E-state index in [-0.39, 0.29) is 13.2 Å². The fourth-order valence-corrected chi connectivity index (χ4v) is 1.67. The fourth-order valence-electron chi connectivity index (χ4n) is 1.67. The van der Waals surface area contributed by atoms with Crippen molar-refractivity contribution in [2.24, 2.45) is 0 Å². The van der Waals surface area contributed by atoms with Gasteiger partial charge in [0, 0.05) is 12.7 Å². The predicted molar refractivity (Wildman–Crippen MR) is 79.6 cm³/mol. The quantitative estimate of drug-likeness (QED) is 0.671. The molecule has 1 unspecified atom stereocenters. The van der Waals surface area contributed by atoms with Gasteiger partial charge in [-0.25, -0.2) is 0 Å². The van der Waals surface area contributed by atoms with Gasteiger partial charge in [0.15, 0.2) is 11.5 Å². The molecule has 0 aliphatic heterocycles. The van der Waals surface area contributed by atoms with Crippen molar-refractivity contribution in [1.82, 2.24) is 0 Å². The van der Waals surface area contributed by atoms with Crippen molar-refractivity contribution in [1.29, 1.82) is 5.26 Å². The number of hydrogen-bond acceptors (Lipinski definition) is 5. The molecule has 0 heterocycles. The molecule has 116 valence electrons. The minimum atomic E-state index is -0.688. The van der Waals surface area contributed by atoms with Crippen molar-refractivity contribution in [3.63, 3.8) is 0 Å². The maximum absolute atomic E-state index is 9.79. The molecule has 0 aromatic heterocycles. The smallest absolute Gasteiger partial charge is 0.162 e. The molecule has 0 radical (unpaired) electrons. The van der Waals surface area contributed by atoms with Gasteiger partial charge < -0.3 is 19.3 Å². The summed E-state index contributed by atoms with van der Waals surface area (Å²) in [6, 6.07) is 7.01. The average Bonchev–Trinajstić information content (AvgIpc) is 2.50. The second kappa shape index (κ2) is 10.0. The first-order valence-electron chi connectivity index (χ1n) is 7.26. The largest absolute Gasteiger partial charge is 0.490 e. The van der Waals surface area contributed by atoms with E-state index in [9.17, 15) is 5.11 Å². The number of unbranched alkanes of at least 4 members (excludes halogenated alkanes) is 1. The minimum absolute atomic E-state index is 0.123. The number of ether oxygens (including phenoxy) is 3. The van der Waals surface area contributed by atoms with Crippen molar-refractivity contribution in [3.05, 3.63) is 23.8 Å². The number of benzene rings is 1. The third-order valence-electron chi connectivity index (χ3n) is 2.76. The third-order valence-corrected chi connectivity index (χ3v) is 2.76. The van der Waals surface area contributed by atoms with Crippen LogP contribution >= 0.6 is 0 Å². The molecule has 0 fully saturated rings. The summed E-state index contributed by atoms with van der Waals surface area (Å²) in [5.41, 5.74) is 0.509. The van der Waals surface area contributed by atoms with E-state index in [1.165, 1.54) is 0 Å². The van der Waals surface area contributed by atoms with Crippen LogP contribution in [0.1, 0.15) is 32.3 Å². The predicted octanol–water partition coefficient (Wildman–Crippen LogP) is 2.51. The highest BCUT2D eigenvalue weighted by Gasteiger charge is 2.10. The maximum Gasteiger partial charge on any atom is 0.162 e. The van der Waals surface area contributed by atoms with Gasteiger partial charge in [0.05, 0.1) is 24.8 Å². The molecular formula is C16H23NO4. The molecule has 0 aliphatic carbocycles. The van der Waals surface area contributed by atoms with Crippen LogP contribution in [0.3, 0.4) is 0 Å². The fraction of sp³-hybridized carbons (Fsp3) is 0.562. The van der Waals surface area contributed by atoms with Gasteiger partial charge in [-0.3, -0.25) is 0 Å². The molecule has 21 heavy (non-hydrogen) atoms. The summed E-state index contributed by atoms with van der Waals surface area (Å²) in [6.45, 7) is 5.45. The lowest BCUT2D eigenvalue weighted by atomic mass is 10.2. The number of hydrogen-bond donors (Lipinski definition) is 1. The Morgan fingerprint density at radius 2 is 2.00 bits per heavy atom. The van der Waals surface area contributed by atoms with E-state index >= 15 is 0 Å². The van der Waals surface area contributed by atoms with E-state index in [4.69, 9.17) is 19.5 Å². The Morgan fingerprint density at radius 3 is 2.67 bits per heavy atom. The normalized spacial score (nSPS) is 11.7. The van der Waals surface area contributed by atoms with Crippen LogP contribution in [-0.4, -0.2) is 37.6 Å². The van der Waals surface area contributed by atoms with Crippen LogP contribution in [-0.2, 0) is 4.74 Å². The second-order valence-corrected chi connectivity index (χ2v) is 4.60. The topological polar surface area (TPSA) is 71.7 Å². The molecule has 0 saturated heterocycles. The Kier molecular flexibility index (Phi) is 8.25. The Hall–Kier alpha value is -1.77. The molecule has 1 aromatic rings.